The number of hydrogen-bond donors (Lipinski definition) is 2. The predicted octanol–water partition coefficient (Wildman–Crippen LogP) is 8.06. The van der Waals surface area contributed by atoms with Crippen LogP contribution < -0.4 is 11.1 Å². The van der Waals surface area contributed by atoms with Crippen LogP contribution >= 0.6 is 0 Å². The van der Waals surface area contributed by atoms with Gasteiger partial charge < -0.3 is 11.1 Å². The van der Waals surface area contributed by atoms with Gasteiger partial charge in [0, 0.05) is 11.6 Å². The van der Waals surface area contributed by atoms with Crippen molar-refractivity contribution in [3.8, 4) is 0 Å². The van der Waals surface area contributed by atoms with E-state index in [2.05, 4.69) is 108 Å². The fourth-order valence-electron chi connectivity index (χ4n) is 6.67. The van der Waals surface area contributed by atoms with E-state index in [1.54, 1.807) is 0 Å². The molecule has 0 aromatic heterocycles. The Bertz CT molecular complexity index is 1700. The molecule has 0 saturated heterocycles. The van der Waals surface area contributed by atoms with Gasteiger partial charge in [0.05, 0.1) is 5.69 Å². The Balaban J connectivity index is 1.20. The van der Waals surface area contributed by atoms with Crippen molar-refractivity contribution in [3.63, 3.8) is 0 Å². The molecule has 0 heterocycles. The van der Waals surface area contributed by atoms with Gasteiger partial charge in [-0.3, -0.25) is 0 Å². The molecule has 5 aromatic carbocycles. The number of nitrogens with one attached hydrogen (secondary N) is 1. The Morgan fingerprint density at radius 1 is 0.744 bits per heavy atom. The van der Waals surface area contributed by atoms with Gasteiger partial charge >= 0.3 is 0 Å². The summed E-state index contributed by atoms with van der Waals surface area (Å²) in [6.45, 7) is 0. The SMILES string of the molecule is NC(=Nc1ccccc1C1CCCc2ccc(Cc3ccccc3)cc21)Nc1ccc2cccc3c2c1CC3. The zero-order valence-corrected chi connectivity index (χ0v) is 22.2. The molecule has 1 unspecified atom stereocenters. The van der Waals surface area contributed by atoms with Crippen molar-refractivity contribution in [2.24, 2.45) is 10.7 Å². The molecule has 0 aliphatic heterocycles. The number of nitrogens with zero attached hydrogens (tertiary/aromatic N) is 1. The molecule has 0 radical (unpaired) electrons. The summed E-state index contributed by atoms with van der Waals surface area (Å²) in [6.07, 6.45) is 6.52. The Morgan fingerprint density at radius 2 is 1.62 bits per heavy atom. The van der Waals surface area contributed by atoms with Crippen LogP contribution in [0.4, 0.5) is 11.4 Å². The van der Waals surface area contributed by atoms with E-state index in [0.29, 0.717) is 11.9 Å². The van der Waals surface area contributed by atoms with Gasteiger partial charge in [-0.1, -0.05) is 91.0 Å². The molecule has 3 nitrogen and oxygen atoms in total. The molecule has 0 fully saturated rings. The van der Waals surface area contributed by atoms with Gasteiger partial charge in [-0.25, -0.2) is 4.99 Å². The van der Waals surface area contributed by atoms with E-state index < -0.39 is 0 Å². The zero-order chi connectivity index (χ0) is 26.2. The fraction of sp³-hybridized carbons (Fsp3) is 0.194. The second-order valence-electron chi connectivity index (χ2n) is 10.9. The second-order valence-corrected chi connectivity index (χ2v) is 10.9. The van der Waals surface area contributed by atoms with E-state index in [0.717, 1.165) is 43.5 Å². The summed E-state index contributed by atoms with van der Waals surface area (Å²) in [6, 6.07) is 37.3. The summed E-state index contributed by atoms with van der Waals surface area (Å²) >= 11 is 0. The summed E-state index contributed by atoms with van der Waals surface area (Å²) in [5.74, 6) is 0.759. The lowest BCUT2D eigenvalue weighted by molar-refractivity contribution is 0.615. The topological polar surface area (TPSA) is 50.4 Å². The van der Waals surface area contributed by atoms with Crippen molar-refractivity contribution in [2.45, 2.75) is 44.4 Å². The highest BCUT2D eigenvalue weighted by molar-refractivity contribution is 6.01. The smallest absolute Gasteiger partial charge is 0.198 e. The van der Waals surface area contributed by atoms with Crippen molar-refractivity contribution in [3.05, 3.63) is 142 Å². The molecule has 0 spiro atoms. The number of hydrogen-bond acceptors (Lipinski definition) is 1. The van der Waals surface area contributed by atoms with E-state index >= 15 is 0 Å². The lowest BCUT2D eigenvalue weighted by Gasteiger charge is -2.27. The lowest BCUT2D eigenvalue weighted by Crippen LogP contribution is -2.23. The normalized spacial score (nSPS) is 16.3. The van der Waals surface area contributed by atoms with E-state index in [1.807, 2.05) is 0 Å². The molecule has 39 heavy (non-hydrogen) atoms. The summed E-state index contributed by atoms with van der Waals surface area (Å²) in [4.78, 5) is 4.95. The number of benzene rings is 5. The molecule has 7 rings (SSSR count). The minimum absolute atomic E-state index is 0.318. The number of aryl methyl sites for hydroxylation is 3. The third kappa shape index (κ3) is 4.59. The van der Waals surface area contributed by atoms with Crippen molar-refractivity contribution >= 4 is 28.1 Å². The second kappa shape index (κ2) is 10.1. The van der Waals surface area contributed by atoms with E-state index in [9.17, 15) is 0 Å². The molecule has 0 bridgehead atoms. The Hall–Kier alpha value is -4.37. The molecule has 0 saturated carbocycles. The molecule has 3 heteroatoms. The van der Waals surface area contributed by atoms with Crippen LogP contribution in [-0.2, 0) is 25.7 Å². The molecular formula is C36H33N3. The van der Waals surface area contributed by atoms with Crippen LogP contribution in [0, 0.1) is 0 Å². The largest absolute Gasteiger partial charge is 0.369 e. The monoisotopic (exact) mass is 507 g/mol. The average Bonchev–Trinajstić information content (AvgIpc) is 3.41. The maximum atomic E-state index is 6.56. The fourth-order valence-corrected chi connectivity index (χ4v) is 6.67. The van der Waals surface area contributed by atoms with Crippen LogP contribution in [0.25, 0.3) is 10.8 Å². The summed E-state index contributed by atoms with van der Waals surface area (Å²) in [7, 11) is 0. The summed E-state index contributed by atoms with van der Waals surface area (Å²) in [5, 5.41) is 6.12. The maximum Gasteiger partial charge on any atom is 0.198 e. The number of nitrogens with two attached hydrogens (primary N) is 1. The first-order valence-corrected chi connectivity index (χ1v) is 14.1. The average molecular weight is 508 g/mol. The van der Waals surface area contributed by atoms with Crippen molar-refractivity contribution in [1.29, 1.82) is 0 Å². The highest BCUT2D eigenvalue weighted by atomic mass is 15.1. The van der Waals surface area contributed by atoms with Crippen LogP contribution in [0.5, 0.6) is 0 Å². The number of fused-ring (bicyclic) bond motifs is 1. The van der Waals surface area contributed by atoms with Gasteiger partial charge in [0.1, 0.15) is 0 Å². The van der Waals surface area contributed by atoms with Crippen LogP contribution in [0.3, 0.4) is 0 Å². The minimum Gasteiger partial charge on any atom is -0.369 e. The van der Waals surface area contributed by atoms with E-state index in [1.165, 1.54) is 56.1 Å². The highest BCUT2D eigenvalue weighted by Gasteiger charge is 2.24. The molecular weight excluding hydrogens is 474 g/mol. The quantitative estimate of drug-likeness (QED) is 0.187. The molecule has 2 aliphatic rings. The highest BCUT2D eigenvalue weighted by Crippen LogP contribution is 2.41. The number of anilines is 1. The van der Waals surface area contributed by atoms with Crippen molar-refractivity contribution in [1.82, 2.24) is 0 Å². The molecule has 2 aliphatic carbocycles. The number of para-hydroxylation sites is 1. The van der Waals surface area contributed by atoms with Crippen LogP contribution in [-0.4, -0.2) is 5.96 Å². The van der Waals surface area contributed by atoms with Gasteiger partial charge in [0.25, 0.3) is 0 Å². The number of rotatable bonds is 5. The summed E-state index contributed by atoms with van der Waals surface area (Å²) in [5.41, 5.74) is 18.2. The van der Waals surface area contributed by atoms with Crippen LogP contribution in [0.2, 0.25) is 0 Å². The standard InChI is InChI=1S/C36H33N3/c37-36(39-34-21-19-28-12-6-11-27-18-20-31(34)35(27)28)38-33-15-5-4-13-30(33)29-14-7-10-26-17-16-25(23-32(26)29)22-24-8-2-1-3-9-24/h1-6,8-9,11-13,15-17,19,21,23,29H,7,10,14,18,20,22H2,(H3,37,38,39). The third-order valence-corrected chi connectivity index (χ3v) is 8.48. The zero-order valence-electron chi connectivity index (χ0n) is 22.2. The third-order valence-electron chi connectivity index (χ3n) is 8.48. The molecule has 5 aromatic rings. The minimum atomic E-state index is 0.318. The Kier molecular flexibility index (Phi) is 6.13. The van der Waals surface area contributed by atoms with Gasteiger partial charge in [-0.2, -0.15) is 0 Å². The first-order valence-electron chi connectivity index (χ1n) is 14.1. The van der Waals surface area contributed by atoms with E-state index in [-0.39, 0.29) is 0 Å². The number of guanidine groups is 1. The Morgan fingerprint density at radius 3 is 2.54 bits per heavy atom. The van der Waals surface area contributed by atoms with Crippen molar-refractivity contribution in [2.75, 3.05) is 5.32 Å². The van der Waals surface area contributed by atoms with Gasteiger partial charge in [-0.05, 0) is 100 Å². The molecule has 192 valence electrons. The first-order chi connectivity index (χ1) is 19.2. The van der Waals surface area contributed by atoms with Crippen LogP contribution in [0.1, 0.15) is 57.7 Å². The molecule has 3 N–H and O–H groups in total. The van der Waals surface area contributed by atoms with Crippen LogP contribution in [0.15, 0.2) is 108 Å². The predicted molar refractivity (Wildman–Crippen MR) is 163 cm³/mol. The number of aliphatic imine (C=N–C) groups is 1. The van der Waals surface area contributed by atoms with Gasteiger partial charge in [0.2, 0.25) is 0 Å². The maximum absolute atomic E-state index is 6.56. The van der Waals surface area contributed by atoms with Gasteiger partial charge in [-0.15, -0.1) is 0 Å². The first kappa shape index (κ1) is 23.7. The molecule has 0 amide bonds. The summed E-state index contributed by atoms with van der Waals surface area (Å²) < 4.78 is 0. The Labute approximate surface area is 230 Å². The lowest BCUT2D eigenvalue weighted by atomic mass is 9.77. The van der Waals surface area contributed by atoms with Gasteiger partial charge in [0.15, 0.2) is 5.96 Å². The van der Waals surface area contributed by atoms with E-state index in [4.69, 9.17) is 10.7 Å². The van der Waals surface area contributed by atoms with Crippen molar-refractivity contribution < 1.29 is 0 Å². The molecule has 1 atom stereocenters.